The van der Waals surface area contributed by atoms with Crippen LogP contribution in [0.4, 0.5) is 11.6 Å². The highest BCUT2D eigenvalue weighted by Gasteiger charge is 2.30. The molecule has 7 heteroatoms. The van der Waals surface area contributed by atoms with Crippen molar-refractivity contribution < 1.29 is 4.79 Å². The SMILES string of the molecule is Cc1cc(Nc2ccccn2)nc(C2CCN(C(=O)c3cccnc3)C2)n1. The molecule has 1 atom stereocenters. The summed E-state index contributed by atoms with van der Waals surface area (Å²) >= 11 is 0. The number of hydrogen-bond acceptors (Lipinski definition) is 6. The lowest BCUT2D eigenvalue weighted by atomic mass is 10.1. The first kappa shape index (κ1) is 17.1. The van der Waals surface area contributed by atoms with Gasteiger partial charge in [0.05, 0.1) is 5.56 Å². The zero-order chi connectivity index (χ0) is 18.6. The van der Waals surface area contributed by atoms with Crippen LogP contribution < -0.4 is 5.32 Å². The predicted molar refractivity (Wildman–Crippen MR) is 102 cm³/mol. The number of nitrogens with one attached hydrogen (secondary N) is 1. The van der Waals surface area contributed by atoms with Crippen molar-refractivity contribution in [2.45, 2.75) is 19.3 Å². The van der Waals surface area contributed by atoms with E-state index in [0.717, 1.165) is 23.8 Å². The first-order valence-electron chi connectivity index (χ1n) is 8.92. The van der Waals surface area contributed by atoms with Crippen molar-refractivity contribution >= 4 is 17.5 Å². The molecule has 4 heterocycles. The lowest BCUT2D eigenvalue weighted by Gasteiger charge is -2.16. The van der Waals surface area contributed by atoms with Gasteiger partial charge in [-0.2, -0.15) is 0 Å². The maximum Gasteiger partial charge on any atom is 0.255 e. The van der Waals surface area contributed by atoms with Crippen LogP contribution in [-0.2, 0) is 0 Å². The third kappa shape index (κ3) is 3.92. The van der Waals surface area contributed by atoms with Gasteiger partial charge >= 0.3 is 0 Å². The Morgan fingerprint density at radius 3 is 2.85 bits per heavy atom. The number of hydrogen-bond donors (Lipinski definition) is 1. The molecule has 1 fully saturated rings. The third-order valence-corrected chi connectivity index (χ3v) is 4.54. The maximum atomic E-state index is 12.6. The minimum absolute atomic E-state index is 0.00471. The van der Waals surface area contributed by atoms with Gasteiger partial charge in [0.1, 0.15) is 17.5 Å². The molecule has 0 spiro atoms. The second-order valence-corrected chi connectivity index (χ2v) is 6.57. The molecule has 0 radical (unpaired) electrons. The fourth-order valence-corrected chi connectivity index (χ4v) is 3.23. The molecule has 1 N–H and O–H groups in total. The zero-order valence-electron chi connectivity index (χ0n) is 15.0. The van der Waals surface area contributed by atoms with E-state index in [0.29, 0.717) is 24.5 Å². The van der Waals surface area contributed by atoms with E-state index in [9.17, 15) is 4.79 Å². The summed E-state index contributed by atoms with van der Waals surface area (Å²) in [7, 11) is 0. The Bertz CT molecular complexity index is 932. The highest BCUT2D eigenvalue weighted by atomic mass is 16.2. The molecule has 27 heavy (non-hydrogen) atoms. The highest BCUT2D eigenvalue weighted by molar-refractivity contribution is 5.94. The van der Waals surface area contributed by atoms with Crippen LogP contribution in [0.3, 0.4) is 0 Å². The Kier molecular flexibility index (Phi) is 4.74. The fourth-order valence-electron chi connectivity index (χ4n) is 3.23. The number of nitrogens with zero attached hydrogens (tertiary/aromatic N) is 5. The zero-order valence-corrected chi connectivity index (χ0v) is 15.0. The average molecular weight is 360 g/mol. The van der Waals surface area contributed by atoms with E-state index in [1.165, 1.54) is 0 Å². The number of rotatable bonds is 4. The van der Waals surface area contributed by atoms with Gasteiger partial charge in [0.2, 0.25) is 0 Å². The van der Waals surface area contributed by atoms with Crippen LogP contribution in [0.5, 0.6) is 0 Å². The molecule has 1 aliphatic rings. The first-order valence-corrected chi connectivity index (χ1v) is 8.92. The Morgan fingerprint density at radius 2 is 2.07 bits per heavy atom. The second kappa shape index (κ2) is 7.49. The Morgan fingerprint density at radius 1 is 1.15 bits per heavy atom. The number of aromatic nitrogens is 4. The van der Waals surface area contributed by atoms with E-state index in [-0.39, 0.29) is 11.8 Å². The number of pyridine rings is 2. The minimum Gasteiger partial charge on any atom is -0.338 e. The van der Waals surface area contributed by atoms with E-state index >= 15 is 0 Å². The van der Waals surface area contributed by atoms with Gasteiger partial charge in [-0.3, -0.25) is 9.78 Å². The summed E-state index contributed by atoms with van der Waals surface area (Å²) in [5, 5.41) is 3.22. The van der Waals surface area contributed by atoms with Gasteiger partial charge in [0.25, 0.3) is 5.91 Å². The predicted octanol–water partition coefficient (Wildman–Crippen LogP) is 2.95. The Balaban J connectivity index is 1.50. The van der Waals surface area contributed by atoms with Crippen molar-refractivity contribution in [2.75, 3.05) is 18.4 Å². The minimum atomic E-state index is 0.00471. The van der Waals surface area contributed by atoms with Gasteiger partial charge in [0.15, 0.2) is 0 Å². The first-order chi connectivity index (χ1) is 13.2. The van der Waals surface area contributed by atoms with E-state index in [2.05, 4.69) is 25.3 Å². The molecule has 1 unspecified atom stereocenters. The number of carbonyl (C=O) groups is 1. The van der Waals surface area contributed by atoms with Gasteiger partial charge < -0.3 is 10.2 Å². The molecule has 1 amide bonds. The standard InChI is InChI=1S/C20H20N6O/c1-14-11-18(24-17-6-2-3-9-22-17)25-19(23-14)16-7-10-26(13-16)20(27)15-5-4-8-21-12-15/h2-6,8-9,11-12,16H,7,10,13H2,1H3,(H,22,23,24,25). The van der Waals surface area contributed by atoms with Crippen LogP contribution in [0.1, 0.15) is 34.2 Å². The quantitative estimate of drug-likeness (QED) is 0.770. The van der Waals surface area contributed by atoms with Crippen LogP contribution in [0.2, 0.25) is 0 Å². The van der Waals surface area contributed by atoms with Gasteiger partial charge in [-0.1, -0.05) is 6.07 Å². The van der Waals surface area contributed by atoms with Crippen LogP contribution in [0.25, 0.3) is 0 Å². The molecular formula is C20H20N6O. The number of amides is 1. The van der Waals surface area contributed by atoms with Gasteiger partial charge in [-0.05, 0) is 37.6 Å². The van der Waals surface area contributed by atoms with Gasteiger partial charge in [-0.25, -0.2) is 15.0 Å². The van der Waals surface area contributed by atoms with Gasteiger partial charge in [0, 0.05) is 49.4 Å². The fraction of sp³-hybridized carbons (Fsp3) is 0.250. The molecule has 0 aromatic carbocycles. The molecule has 136 valence electrons. The molecule has 0 bridgehead atoms. The van der Waals surface area contributed by atoms with Crippen molar-refractivity contribution in [3.63, 3.8) is 0 Å². The van der Waals surface area contributed by atoms with Crippen molar-refractivity contribution in [2.24, 2.45) is 0 Å². The topological polar surface area (TPSA) is 83.9 Å². The lowest BCUT2D eigenvalue weighted by molar-refractivity contribution is 0.0790. The average Bonchev–Trinajstić information content (AvgIpc) is 3.19. The lowest BCUT2D eigenvalue weighted by Crippen LogP contribution is -2.28. The molecule has 3 aromatic heterocycles. The third-order valence-electron chi connectivity index (χ3n) is 4.54. The van der Waals surface area contributed by atoms with E-state index < -0.39 is 0 Å². The largest absolute Gasteiger partial charge is 0.338 e. The normalized spacial score (nSPS) is 16.3. The Labute approximate surface area is 157 Å². The molecule has 1 aliphatic heterocycles. The van der Waals surface area contributed by atoms with Crippen molar-refractivity contribution in [1.29, 1.82) is 0 Å². The van der Waals surface area contributed by atoms with Crippen molar-refractivity contribution in [3.8, 4) is 0 Å². The van der Waals surface area contributed by atoms with Gasteiger partial charge in [-0.15, -0.1) is 0 Å². The summed E-state index contributed by atoms with van der Waals surface area (Å²) in [6, 6.07) is 11.1. The van der Waals surface area contributed by atoms with Crippen LogP contribution in [-0.4, -0.2) is 43.8 Å². The summed E-state index contributed by atoms with van der Waals surface area (Å²) in [5.41, 5.74) is 1.50. The summed E-state index contributed by atoms with van der Waals surface area (Å²) < 4.78 is 0. The van der Waals surface area contributed by atoms with Crippen LogP contribution >= 0.6 is 0 Å². The summed E-state index contributed by atoms with van der Waals surface area (Å²) in [4.78, 5) is 32.0. The van der Waals surface area contributed by atoms with Crippen LogP contribution in [0, 0.1) is 6.92 Å². The molecule has 0 saturated carbocycles. The monoisotopic (exact) mass is 360 g/mol. The van der Waals surface area contributed by atoms with Crippen molar-refractivity contribution in [3.05, 3.63) is 72.1 Å². The number of carbonyl (C=O) groups excluding carboxylic acids is 1. The van der Waals surface area contributed by atoms with E-state index in [1.807, 2.05) is 36.1 Å². The van der Waals surface area contributed by atoms with Crippen LogP contribution in [0.15, 0.2) is 55.0 Å². The molecule has 1 saturated heterocycles. The van der Waals surface area contributed by atoms with E-state index in [4.69, 9.17) is 0 Å². The molecule has 4 rings (SSSR count). The molecule has 7 nitrogen and oxygen atoms in total. The highest BCUT2D eigenvalue weighted by Crippen LogP contribution is 2.27. The summed E-state index contributed by atoms with van der Waals surface area (Å²) in [6.07, 6.45) is 5.85. The summed E-state index contributed by atoms with van der Waals surface area (Å²) in [6.45, 7) is 3.25. The maximum absolute atomic E-state index is 12.6. The Hall–Kier alpha value is -3.35. The number of anilines is 2. The smallest absolute Gasteiger partial charge is 0.255 e. The van der Waals surface area contributed by atoms with E-state index in [1.54, 1.807) is 30.7 Å². The summed E-state index contributed by atoms with van der Waals surface area (Å²) in [5.74, 6) is 2.34. The second-order valence-electron chi connectivity index (χ2n) is 6.57. The van der Waals surface area contributed by atoms with Crippen molar-refractivity contribution in [1.82, 2.24) is 24.8 Å². The molecule has 3 aromatic rings. The molecular weight excluding hydrogens is 340 g/mol. The molecule has 0 aliphatic carbocycles. The number of aryl methyl sites for hydroxylation is 1. The number of likely N-dealkylation sites (tertiary alicyclic amines) is 1.